The van der Waals surface area contributed by atoms with E-state index in [-0.39, 0.29) is 70.0 Å². The molecule has 1 aliphatic rings. The lowest BCUT2D eigenvalue weighted by Crippen LogP contribution is -2.43. The van der Waals surface area contributed by atoms with Gasteiger partial charge in [-0.1, -0.05) is 132 Å². The van der Waals surface area contributed by atoms with Crippen LogP contribution < -0.4 is 31.2 Å². The second-order valence-electron chi connectivity index (χ2n) is 23.3. The molecule has 2 aromatic heterocycles. The zero-order chi connectivity index (χ0) is 53.9. The quantitative estimate of drug-likeness (QED) is 0.0797. The number of amides is 4. The van der Waals surface area contributed by atoms with E-state index in [0.29, 0.717) is 56.0 Å². The van der Waals surface area contributed by atoms with Crippen LogP contribution in [0.3, 0.4) is 0 Å². The summed E-state index contributed by atoms with van der Waals surface area (Å²) in [5.74, 6) is -1.35. The van der Waals surface area contributed by atoms with Gasteiger partial charge in [-0.3, -0.25) is 50.8 Å². The lowest BCUT2D eigenvalue weighted by Gasteiger charge is -2.28. The second-order valence-corrected chi connectivity index (χ2v) is 23.3. The molecule has 0 radical (unpaired) electrons. The van der Waals surface area contributed by atoms with Crippen LogP contribution in [0.4, 0.5) is 0 Å². The first kappa shape index (κ1) is 54.0. The van der Waals surface area contributed by atoms with Gasteiger partial charge >= 0.3 is 0 Å². The van der Waals surface area contributed by atoms with Gasteiger partial charge in [0.1, 0.15) is 23.0 Å². The molecular formula is C60H70N6O8. The Kier molecular flexibility index (Phi) is 15.6. The Morgan fingerprint density at radius 3 is 0.959 bits per heavy atom. The number of aromatic nitrogens is 2. The van der Waals surface area contributed by atoms with Crippen LogP contribution in [0.2, 0.25) is 0 Å². The molecule has 0 saturated heterocycles. The third-order valence-corrected chi connectivity index (χ3v) is 13.2. The Morgan fingerprint density at radius 2 is 0.716 bits per heavy atom. The molecule has 74 heavy (non-hydrogen) atoms. The maximum atomic E-state index is 13.5. The molecule has 4 amide bonds. The summed E-state index contributed by atoms with van der Waals surface area (Å²) in [6.45, 7) is 24.5. The fraction of sp³-hybridized carbons (Fsp3) is 0.367. The van der Waals surface area contributed by atoms with Crippen LogP contribution in [0.15, 0.2) is 97.6 Å². The van der Waals surface area contributed by atoms with Crippen molar-refractivity contribution >= 4 is 23.6 Å². The molecule has 14 heteroatoms. The number of pyridine rings is 2. The number of ether oxygens (including phenoxy) is 2. The summed E-state index contributed by atoms with van der Waals surface area (Å²) in [7, 11) is 0. The second kappa shape index (κ2) is 21.4. The molecule has 0 aliphatic heterocycles. The lowest BCUT2D eigenvalue weighted by atomic mass is 9.79. The first-order valence-electron chi connectivity index (χ1n) is 24.9. The van der Waals surface area contributed by atoms with Crippen molar-refractivity contribution in [3.8, 4) is 23.0 Å². The molecule has 0 atom stereocenters. The predicted molar refractivity (Wildman–Crippen MR) is 286 cm³/mol. The normalized spacial score (nSPS) is 12.8. The summed E-state index contributed by atoms with van der Waals surface area (Å²) in [5, 5.41) is 25.3. The highest BCUT2D eigenvalue weighted by atomic mass is 16.5. The summed E-state index contributed by atoms with van der Waals surface area (Å²) in [4.78, 5) is 60.7. The fourth-order valence-electron chi connectivity index (χ4n) is 8.76. The molecule has 1 aliphatic carbocycles. The van der Waals surface area contributed by atoms with Gasteiger partial charge in [-0.15, -0.1) is 0 Å². The zero-order valence-electron chi connectivity index (χ0n) is 44.7. The van der Waals surface area contributed by atoms with Gasteiger partial charge in [0.25, 0.3) is 23.6 Å². The number of nitrogens with zero attached hydrogens (tertiary/aromatic N) is 2. The Morgan fingerprint density at radius 1 is 0.446 bits per heavy atom. The Labute approximate surface area is 434 Å². The SMILES string of the molecule is CC(C)(C)c1cc2c(O)c(c1)Cc1cc(C(C)(C)C)cc(c1OCC(=O)NNC(=O)c1cccnc1)Cc1cc(C(C)(C)C)cc(c1O)Cc1cc(C(C)(C)C)cc(c1OCC(=O)NNC(=O)c1cccnc1)C2. The van der Waals surface area contributed by atoms with Crippen molar-refractivity contribution in [2.75, 3.05) is 13.2 Å². The molecule has 0 unspecified atom stereocenters. The molecule has 6 aromatic rings. The predicted octanol–water partition coefficient (Wildman–Crippen LogP) is 9.43. The number of fused-ring (bicyclic) bond motifs is 8. The van der Waals surface area contributed by atoms with Gasteiger partial charge in [0, 0.05) is 50.5 Å². The van der Waals surface area contributed by atoms with E-state index in [1.807, 2.05) is 24.3 Å². The molecule has 7 rings (SSSR count). The summed E-state index contributed by atoms with van der Waals surface area (Å²) in [6, 6.07) is 22.7. The minimum Gasteiger partial charge on any atom is -0.507 e. The Hall–Kier alpha value is -7.74. The first-order valence-corrected chi connectivity index (χ1v) is 24.9. The number of benzene rings is 4. The van der Waals surface area contributed by atoms with Gasteiger partial charge in [0.05, 0.1) is 11.1 Å². The monoisotopic (exact) mass is 1000 g/mol. The highest BCUT2D eigenvalue weighted by Gasteiger charge is 2.29. The molecule has 8 bridgehead atoms. The number of hydrogen-bond donors (Lipinski definition) is 6. The Bertz CT molecular complexity index is 2780. The number of phenolic OH excluding ortho intramolecular Hbond substituents is 2. The van der Waals surface area contributed by atoms with Crippen LogP contribution in [0, 0.1) is 0 Å². The molecule has 6 N–H and O–H groups in total. The van der Waals surface area contributed by atoms with Gasteiger partial charge in [-0.2, -0.15) is 0 Å². The third kappa shape index (κ3) is 13.1. The lowest BCUT2D eigenvalue weighted by molar-refractivity contribution is -0.124. The average Bonchev–Trinajstić information content (AvgIpc) is 3.33. The van der Waals surface area contributed by atoms with Crippen molar-refractivity contribution in [1.82, 2.24) is 31.7 Å². The highest BCUT2D eigenvalue weighted by Crippen LogP contribution is 2.44. The smallest absolute Gasteiger partial charge is 0.276 e. The largest absolute Gasteiger partial charge is 0.507 e. The van der Waals surface area contributed by atoms with Crippen LogP contribution in [0.25, 0.3) is 0 Å². The van der Waals surface area contributed by atoms with Gasteiger partial charge in [0.2, 0.25) is 0 Å². The number of hydrazine groups is 2. The molecule has 0 fully saturated rings. The van der Waals surface area contributed by atoms with E-state index < -0.39 is 36.8 Å². The van der Waals surface area contributed by atoms with Crippen LogP contribution >= 0.6 is 0 Å². The van der Waals surface area contributed by atoms with Gasteiger partial charge < -0.3 is 19.7 Å². The number of phenols is 2. The van der Waals surface area contributed by atoms with E-state index in [9.17, 15) is 29.4 Å². The van der Waals surface area contributed by atoms with Crippen LogP contribution in [0.1, 0.15) is 171 Å². The van der Waals surface area contributed by atoms with Gasteiger partial charge in [-0.05, 0) is 113 Å². The van der Waals surface area contributed by atoms with Gasteiger partial charge in [0.15, 0.2) is 13.2 Å². The number of hydrogen-bond acceptors (Lipinski definition) is 10. The molecule has 2 heterocycles. The number of rotatable bonds is 8. The van der Waals surface area contributed by atoms with E-state index in [2.05, 4.69) is 139 Å². The maximum Gasteiger partial charge on any atom is 0.276 e. The Balaban J connectivity index is 1.41. The maximum absolute atomic E-state index is 13.5. The zero-order valence-corrected chi connectivity index (χ0v) is 44.7. The van der Waals surface area contributed by atoms with Crippen molar-refractivity contribution in [3.05, 3.63) is 175 Å². The number of aromatic hydroxyl groups is 2. The van der Waals surface area contributed by atoms with Crippen LogP contribution in [-0.4, -0.2) is 57.0 Å². The minimum atomic E-state index is -0.610. The first-order chi connectivity index (χ1) is 34.6. The summed E-state index contributed by atoms with van der Waals surface area (Å²) in [5.41, 5.74) is 18.1. The van der Waals surface area contributed by atoms with E-state index in [1.54, 1.807) is 36.7 Å². The van der Waals surface area contributed by atoms with E-state index in [0.717, 1.165) is 22.3 Å². The molecule has 0 spiro atoms. The van der Waals surface area contributed by atoms with E-state index in [4.69, 9.17) is 9.47 Å². The number of nitrogens with one attached hydrogen (secondary N) is 4. The van der Waals surface area contributed by atoms with Crippen molar-refractivity contribution in [2.45, 2.75) is 130 Å². The van der Waals surface area contributed by atoms with Crippen LogP contribution in [-0.2, 0) is 56.9 Å². The molecule has 14 nitrogen and oxygen atoms in total. The summed E-state index contributed by atoms with van der Waals surface area (Å²) in [6.07, 6.45) is 6.64. The third-order valence-electron chi connectivity index (χ3n) is 13.2. The van der Waals surface area contributed by atoms with Crippen molar-refractivity contribution < 1.29 is 38.9 Å². The highest BCUT2D eigenvalue weighted by molar-refractivity contribution is 5.95. The van der Waals surface area contributed by atoms with Crippen molar-refractivity contribution in [3.63, 3.8) is 0 Å². The van der Waals surface area contributed by atoms with Crippen molar-refractivity contribution in [2.24, 2.45) is 0 Å². The summed E-state index contributed by atoms with van der Waals surface area (Å²) < 4.78 is 13.2. The summed E-state index contributed by atoms with van der Waals surface area (Å²) >= 11 is 0. The standard InChI is InChI=1S/C60H70N6O8/c1-57(2,3)45-23-37-19-41-27-47(59(7,8)9)29-43(53(41)73-33-49(67)63-65-55(71)35-15-13-17-61-31-35)21-39-25-46(58(4,5)6)26-40(52(39)70)22-44-30-48(60(10,11)12)28-42(20-38(24-45)51(37)69)54(44)74-34-50(68)64-66-56(72)36-16-14-18-62-32-36/h13-18,23-32,69-70H,19-22,33-34H2,1-12H3,(H,63,67)(H,64,68)(H,65,71)(H,66,72). The minimum absolute atomic E-state index is 0.0665. The van der Waals surface area contributed by atoms with Crippen molar-refractivity contribution in [1.29, 1.82) is 0 Å². The topological polar surface area (TPSA) is 201 Å². The fourth-order valence-corrected chi connectivity index (χ4v) is 8.76. The molecule has 0 saturated carbocycles. The number of carbonyl (C=O) groups is 4. The van der Waals surface area contributed by atoms with Gasteiger partial charge in [-0.25, -0.2) is 0 Å². The van der Waals surface area contributed by atoms with E-state index >= 15 is 0 Å². The average molecular weight is 1000 g/mol. The molecule has 4 aromatic carbocycles. The molecular weight excluding hydrogens is 933 g/mol. The number of carbonyl (C=O) groups excluding carboxylic acids is 4. The molecule has 388 valence electrons. The van der Waals surface area contributed by atoms with E-state index in [1.165, 1.54) is 12.4 Å². The van der Waals surface area contributed by atoms with Crippen LogP contribution in [0.5, 0.6) is 23.0 Å².